The summed E-state index contributed by atoms with van der Waals surface area (Å²) < 4.78 is 38.5. The summed E-state index contributed by atoms with van der Waals surface area (Å²) in [6.07, 6.45) is 0.402. The van der Waals surface area contributed by atoms with E-state index in [0.717, 1.165) is 0 Å². The van der Waals surface area contributed by atoms with Gasteiger partial charge in [0.2, 0.25) is 10.0 Å². The normalized spacial score (nSPS) is 11.7. The molecule has 0 amide bonds. The molecular formula is C11H15ClFNO2S. The van der Waals surface area contributed by atoms with Crippen molar-refractivity contribution in [2.45, 2.75) is 19.9 Å². The first-order valence-electron chi connectivity index (χ1n) is 5.23. The number of nitrogens with one attached hydrogen (secondary N) is 1. The molecule has 0 heterocycles. The highest BCUT2D eigenvalue weighted by atomic mass is 35.5. The van der Waals surface area contributed by atoms with Crippen molar-refractivity contribution in [1.82, 2.24) is 4.72 Å². The predicted octanol–water partition coefficient (Wildman–Crippen LogP) is 2.18. The average molecular weight is 280 g/mol. The van der Waals surface area contributed by atoms with Gasteiger partial charge in [-0.25, -0.2) is 17.5 Å². The van der Waals surface area contributed by atoms with Crippen LogP contribution in [-0.4, -0.2) is 20.1 Å². The topological polar surface area (TPSA) is 46.2 Å². The molecule has 3 nitrogen and oxygen atoms in total. The van der Waals surface area contributed by atoms with Crippen molar-refractivity contribution in [2.24, 2.45) is 0 Å². The van der Waals surface area contributed by atoms with Gasteiger partial charge in [-0.1, -0.05) is 12.1 Å². The van der Waals surface area contributed by atoms with Gasteiger partial charge in [-0.3, -0.25) is 0 Å². The van der Waals surface area contributed by atoms with Gasteiger partial charge >= 0.3 is 0 Å². The van der Waals surface area contributed by atoms with Crippen LogP contribution in [0, 0.1) is 12.7 Å². The summed E-state index contributed by atoms with van der Waals surface area (Å²) in [5, 5.41) is 0. The van der Waals surface area contributed by atoms with E-state index in [1.807, 2.05) is 0 Å². The van der Waals surface area contributed by atoms with Crippen LogP contribution in [0.3, 0.4) is 0 Å². The molecule has 0 fully saturated rings. The molecule has 17 heavy (non-hydrogen) atoms. The number of aryl methyl sites for hydroxylation is 1. The molecule has 1 aromatic rings. The van der Waals surface area contributed by atoms with Gasteiger partial charge in [0.25, 0.3) is 0 Å². The van der Waals surface area contributed by atoms with Crippen LogP contribution in [-0.2, 0) is 16.6 Å². The summed E-state index contributed by atoms with van der Waals surface area (Å²) >= 11 is 5.42. The van der Waals surface area contributed by atoms with Crippen LogP contribution in [0.15, 0.2) is 18.2 Å². The van der Waals surface area contributed by atoms with Crippen molar-refractivity contribution >= 4 is 21.6 Å². The van der Waals surface area contributed by atoms with Gasteiger partial charge in [0.05, 0.1) is 5.75 Å². The molecule has 0 atom stereocenters. The molecule has 0 bridgehead atoms. The molecule has 6 heteroatoms. The summed E-state index contributed by atoms with van der Waals surface area (Å²) in [4.78, 5) is 0. The fraction of sp³-hybridized carbons (Fsp3) is 0.455. The minimum absolute atomic E-state index is 0.00908. The smallest absolute Gasteiger partial charge is 0.211 e. The largest absolute Gasteiger partial charge is 0.212 e. The Morgan fingerprint density at radius 1 is 1.41 bits per heavy atom. The zero-order valence-electron chi connectivity index (χ0n) is 9.54. The summed E-state index contributed by atoms with van der Waals surface area (Å²) in [5.41, 5.74) is 1.14. The molecule has 0 spiro atoms. The third kappa shape index (κ3) is 5.02. The Hall–Kier alpha value is -0.650. The van der Waals surface area contributed by atoms with Crippen molar-refractivity contribution in [3.8, 4) is 0 Å². The molecule has 0 aliphatic heterocycles. The number of hydrogen-bond acceptors (Lipinski definition) is 2. The Kier molecular flexibility index (Phi) is 5.36. The van der Waals surface area contributed by atoms with Gasteiger partial charge in [0, 0.05) is 12.4 Å². The van der Waals surface area contributed by atoms with E-state index in [1.54, 1.807) is 19.1 Å². The van der Waals surface area contributed by atoms with Gasteiger partial charge in [-0.15, -0.1) is 11.6 Å². The second-order valence-electron chi connectivity index (χ2n) is 3.77. The molecule has 96 valence electrons. The van der Waals surface area contributed by atoms with E-state index in [9.17, 15) is 12.8 Å². The third-order valence-corrected chi connectivity index (χ3v) is 3.96. The van der Waals surface area contributed by atoms with Crippen LogP contribution in [0.5, 0.6) is 0 Å². The fourth-order valence-electron chi connectivity index (χ4n) is 1.26. The summed E-state index contributed by atoms with van der Waals surface area (Å²) in [6.45, 7) is 1.76. The summed E-state index contributed by atoms with van der Waals surface area (Å²) in [7, 11) is -3.32. The molecule has 0 aliphatic rings. The number of benzene rings is 1. The lowest BCUT2D eigenvalue weighted by Gasteiger charge is -2.06. The highest BCUT2D eigenvalue weighted by Crippen LogP contribution is 2.09. The Labute approximate surface area is 106 Å². The molecule has 0 saturated carbocycles. The van der Waals surface area contributed by atoms with Crippen LogP contribution in [0.4, 0.5) is 4.39 Å². The summed E-state index contributed by atoms with van der Waals surface area (Å²) in [6, 6.07) is 4.65. The average Bonchev–Trinajstić information content (AvgIpc) is 2.28. The van der Waals surface area contributed by atoms with Crippen LogP contribution in [0.1, 0.15) is 17.5 Å². The number of hydrogen-bond donors (Lipinski definition) is 1. The lowest BCUT2D eigenvalue weighted by molar-refractivity contribution is 0.578. The quantitative estimate of drug-likeness (QED) is 0.812. The van der Waals surface area contributed by atoms with Crippen LogP contribution in [0.25, 0.3) is 0 Å². The maximum atomic E-state index is 13.2. The molecule has 0 radical (unpaired) electrons. The van der Waals surface area contributed by atoms with E-state index in [4.69, 9.17) is 11.6 Å². The second kappa shape index (κ2) is 6.33. The van der Waals surface area contributed by atoms with Crippen molar-refractivity contribution in [2.75, 3.05) is 11.6 Å². The molecule has 0 saturated heterocycles. The second-order valence-corrected chi connectivity index (χ2v) is 6.07. The SMILES string of the molecule is Cc1ccc(CNS(=O)(=O)CCCCl)cc1F. The van der Waals surface area contributed by atoms with E-state index in [-0.39, 0.29) is 18.1 Å². The van der Waals surface area contributed by atoms with E-state index in [1.165, 1.54) is 6.07 Å². The van der Waals surface area contributed by atoms with Crippen LogP contribution in [0.2, 0.25) is 0 Å². The van der Waals surface area contributed by atoms with Crippen molar-refractivity contribution in [3.63, 3.8) is 0 Å². The first-order chi connectivity index (χ1) is 7.94. The first-order valence-corrected chi connectivity index (χ1v) is 7.41. The van der Waals surface area contributed by atoms with Crippen LogP contribution < -0.4 is 4.72 Å². The Morgan fingerprint density at radius 3 is 2.71 bits per heavy atom. The Balaban J connectivity index is 2.58. The van der Waals surface area contributed by atoms with Gasteiger partial charge in [0.1, 0.15) is 5.82 Å². The molecule has 1 N–H and O–H groups in total. The zero-order valence-corrected chi connectivity index (χ0v) is 11.1. The van der Waals surface area contributed by atoms with Gasteiger partial charge in [-0.2, -0.15) is 0 Å². The predicted molar refractivity (Wildman–Crippen MR) is 67.1 cm³/mol. The Bertz CT molecular complexity index is 476. The number of sulfonamides is 1. The number of alkyl halides is 1. The van der Waals surface area contributed by atoms with Crippen LogP contribution >= 0.6 is 11.6 Å². The van der Waals surface area contributed by atoms with Gasteiger partial charge in [-0.05, 0) is 30.5 Å². The minimum atomic E-state index is -3.32. The first kappa shape index (κ1) is 14.4. The lowest BCUT2D eigenvalue weighted by Crippen LogP contribution is -2.26. The number of rotatable bonds is 6. The minimum Gasteiger partial charge on any atom is -0.212 e. The van der Waals surface area contributed by atoms with Crippen molar-refractivity contribution in [1.29, 1.82) is 0 Å². The molecule has 1 rings (SSSR count). The van der Waals surface area contributed by atoms with Crippen molar-refractivity contribution in [3.05, 3.63) is 35.1 Å². The summed E-state index contributed by atoms with van der Waals surface area (Å²) in [5.74, 6) is -0.0345. The van der Waals surface area contributed by atoms with E-state index >= 15 is 0 Å². The zero-order chi connectivity index (χ0) is 12.9. The molecule has 0 unspecified atom stereocenters. The van der Waals surface area contributed by atoms with E-state index in [2.05, 4.69) is 4.72 Å². The molecule has 0 aromatic heterocycles. The number of halogens is 2. The van der Waals surface area contributed by atoms with Gasteiger partial charge < -0.3 is 0 Å². The Morgan fingerprint density at radius 2 is 2.12 bits per heavy atom. The maximum absolute atomic E-state index is 13.2. The van der Waals surface area contributed by atoms with E-state index in [0.29, 0.717) is 23.4 Å². The fourth-order valence-corrected chi connectivity index (χ4v) is 2.60. The monoisotopic (exact) mass is 279 g/mol. The van der Waals surface area contributed by atoms with Gasteiger partial charge in [0.15, 0.2) is 0 Å². The standard InChI is InChI=1S/C11H15ClFNO2S/c1-9-3-4-10(7-11(9)13)8-14-17(15,16)6-2-5-12/h3-4,7,14H,2,5-6,8H2,1H3. The van der Waals surface area contributed by atoms with E-state index < -0.39 is 10.0 Å². The molecular weight excluding hydrogens is 265 g/mol. The van der Waals surface area contributed by atoms with Crippen molar-refractivity contribution < 1.29 is 12.8 Å². The highest BCUT2D eigenvalue weighted by molar-refractivity contribution is 7.89. The third-order valence-electron chi connectivity index (χ3n) is 2.28. The lowest BCUT2D eigenvalue weighted by atomic mass is 10.1. The molecule has 1 aromatic carbocycles. The molecule has 0 aliphatic carbocycles. The maximum Gasteiger partial charge on any atom is 0.211 e. The highest BCUT2D eigenvalue weighted by Gasteiger charge is 2.09.